The second-order valence-corrected chi connectivity index (χ2v) is 8.97. The monoisotopic (exact) mass is 434 g/mol. The van der Waals surface area contributed by atoms with Gasteiger partial charge in [0.25, 0.3) is 5.56 Å². The summed E-state index contributed by atoms with van der Waals surface area (Å²) in [6.07, 6.45) is 7.07. The molecular formula is C22H26N8O2. The summed E-state index contributed by atoms with van der Waals surface area (Å²) in [6, 6.07) is 4.02. The molecule has 166 valence electrons. The maximum atomic E-state index is 12.8. The van der Waals surface area contributed by atoms with Crippen molar-refractivity contribution in [1.29, 1.82) is 0 Å². The van der Waals surface area contributed by atoms with Gasteiger partial charge < -0.3 is 9.72 Å². The summed E-state index contributed by atoms with van der Waals surface area (Å²) >= 11 is 0. The average molecular weight is 435 g/mol. The van der Waals surface area contributed by atoms with E-state index in [0.717, 1.165) is 68.7 Å². The van der Waals surface area contributed by atoms with Gasteiger partial charge in [-0.15, -0.1) is 0 Å². The zero-order valence-electron chi connectivity index (χ0n) is 18.0. The van der Waals surface area contributed by atoms with E-state index in [1.165, 1.54) is 0 Å². The van der Waals surface area contributed by atoms with Crippen LogP contribution in [-0.2, 0) is 11.3 Å². The molecule has 0 saturated carbocycles. The van der Waals surface area contributed by atoms with Crippen molar-refractivity contribution in [3.8, 4) is 0 Å². The van der Waals surface area contributed by atoms with Crippen molar-refractivity contribution >= 4 is 11.2 Å². The van der Waals surface area contributed by atoms with Crippen molar-refractivity contribution in [2.24, 2.45) is 5.92 Å². The lowest BCUT2D eigenvalue weighted by atomic mass is 9.97. The van der Waals surface area contributed by atoms with Gasteiger partial charge in [0.15, 0.2) is 11.2 Å². The maximum absolute atomic E-state index is 12.8. The Morgan fingerprint density at radius 3 is 2.91 bits per heavy atom. The molecule has 0 aromatic carbocycles. The lowest BCUT2D eigenvalue weighted by Crippen LogP contribution is -2.24. The highest BCUT2D eigenvalue weighted by Crippen LogP contribution is 2.31. The Morgan fingerprint density at radius 2 is 2.03 bits per heavy atom. The number of H-pyrrole nitrogens is 1. The molecule has 0 spiro atoms. The van der Waals surface area contributed by atoms with Crippen LogP contribution in [-0.4, -0.2) is 65.4 Å². The van der Waals surface area contributed by atoms with Gasteiger partial charge in [-0.1, -0.05) is 6.92 Å². The molecule has 0 radical (unpaired) electrons. The third kappa shape index (κ3) is 3.39. The van der Waals surface area contributed by atoms with Gasteiger partial charge in [-0.05, 0) is 30.9 Å². The van der Waals surface area contributed by atoms with E-state index in [1.807, 2.05) is 18.3 Å². The van der Waals surface area contributed by atoms with Gasteiger partial charge in [0.2, 0.25) is 0 Å². The molecule has 0 amide bonds. The minimum atomic E-state index is -0.126. The molecule has 0 bridgehead atoms. The van der Waals surface area contributed by atoms with Crippen LogP contribution in [0.4, 0.5) is 0 Å². The number of hydrogen-bond donors (Lipinski definition) is 1. The first-order chi connectivity index (χ1) is 15.7. The molecule has 2 atom stereocenters. The van der Waals surface area contributed by atoms with E-state index in [2.05, 4.69) is 31.9 Å². The van der Waals surface area contributed by atoms with Crippen LogP contribution in [0, 0.1) is 5.92 Å². The maximum Gasteiger partial charge on any atom is 0.276 e. The van der Waals surface area contributed by atoms with Crippen LogP contribution >= 0.6 is 0 Å². The summed E-state index contributed by atoms with van der Waals surface area (Å²) < 4.78 is 9.06. The molecule has 1 N–H and O–H groups in total. The Morgan fingerprint density at radius 1 is 1.16 bits per heavy atom. The molecule has 2 saturated heterocycles. The van der Waals surface area contributed by atoms with E-state index in [0.29, 0.717) is 11.4 Å². The van der Waals surface area contributed by atoms with Crippen LogP contribution < -0.4 is 5.56 Å². The van der Waals surface area contributed by atoms with Crippen LogP contribution in [0.3, 0.4) is 0 Å². The highest BCUT2D eigenvalue weighted by Gasteiger charge is 2.33. The molecule has 2 aliphatic heterocycles. The molecular weight excluding hydrogens is 408 g/mol. The summed E-state index contributed by atoms with van der Waals surface area (Å²) in [5, 5.41) is 9.53. The highest BCUT2D eigenvalue weighted by atomic mass is 16.5. The van der Waals surface area contributed by atoms with Crippen molar-refractivity contribution in [3.63, 3.8) is 0 Å². The second kappa shape index (κ2) is 7.79. The smallest absolute Gasteiger partial charge is 0.276 e. The van der Waals surface area contributed by atoms with Gasteiger partial charge in [-0.25, -0.2) is 19.0 Å². The summed E-state index contributed by atoms with van der Waals surface area (Å²) in [4.78, 5) is 27.0. The number of imidazole rings is 2. The fourth-order valence-corrected chi connectivity index (χ4v) is 5.05. The zero-order valence-corrected chi connectivity index (χ0v) is 18.0. The van der Waals surface area contributed by atoms with Crippen LogP contribution in [0.5, 0.6) is 0 Å². The number of nitrogens with zero attached hydrogens (tertiary/aromatic N) is 7. The van der Waals surface area contributed by atoms with Gasteiger partial charge in [0, 0.05) is 57.1 Å². The third-order valence-electron chi connectivity index (χ3n) is 6.77. The Bertz CT molecular complexity index is 1320. The van der Waals surface area contributed by atoms with Crippen molar-refractivity contribution < 1.29 is 4.74 Å². The van der Waals surface area contributed by atoms with E-state index in [-0.39, 0.29) is 17.4 Å². The first kappa shape index (κ1) is 19.6. The lowest BCUT2D eigenvalue weighted by molar-refractivity contribution is 0.0832. The second-order valence-electron chi connectivity index (χ2n) is 8.97. The van der Waals surface area contributed by atoms with Crippen molar-refractivity contribution in [3.05, 3.63) is 58.4 Å². The molecule has 32 heavy (non-hydrogen) atoms. The summed E-state index contributed by atoms with van der Waals surface area (Å²) in [7, 11) is 0. The largest absolute Gasteiger partial charge is 0.381 e. The summed E-state index contributed by atoms with van der Waals surface area (Å²) in [5.41, 5.74) is 2.23. The van der Waals surface area contributed by atoms with E-state index >= 15 is 0 Å². The van der Waals surface area contributed by atoms with E-state index in [1.54, 1.807) is 21.4 Å². The fraction of sp³-hybridized carbons (Fsp3) is 0.500. The zero-order chi connectivity index (χ0) is 21.7. The number of nitrogens with one attached hydrogen (secondary N) is 1. The average Bonchev–Trinajstić information content (AvgIpc) is 3.52. The predicted molar refractivity (Wildman–Crippen MR) is 117 cm³/mol. The Kier molecular flexibility index (Phi) is 4.76. The Labute approximate surface area is 184 Å². The number of aromatic nitrogens is 7. The van der Waals surface area contributed by atoms with Crippen LogP contribution in [0.25, 0.3) is 11.2 Å². The van der Waals surface area contributed by atoms with Crippen LogP contribution in [0.1, 0.15) is 48.9 Å². The van der Waals surface area contributed by atoms with Gasteiger partial charge in [0.05, 0.1) is 11.9 Å². The predicted octanol–water partition coefficient (Wildman–Crippen LogP) is 1.59. The van der Waals surface area contributed by atoms with Gasteiger partial charge in [-0.2, -0.15) is 10.2 Å². The number of hydrogen-bond acceptors (Lipinski definition) is 7. The topological polar surface area (TPSA) is 106 Å². The summed E-state index contributed by atoms with van der Waals surface area (Å²) in [5.74, 6) is 2.39. The highest BCUT2D eigenvalue weighted by molar-refractivity contribution is 5.42. The van der Waals surface area contributed by atoms with E-state index in [9.17, 15) is 4.79 Å². The molecule has 4 aromatic heterocycles. The standard InChI is InChI=1S/C22H26N8O2/c1-14-11-28(12-16-2-3-19-23-6-7-29(19)26-16)13-17(14)20-25-22(31)18-10-24-21(30(18)27-20)15-4-8-32-9-5-15/h2-3,6-7,10,14-15,17H,4-5,8-9,11-13H2,1H3,(H,25,27,31). The quantitative estimate of drug-likeness (QED) is 0.520. The minimum absolute atomic E-state index is 0.126. The summed E-state index contributed by atoms with van der Waals surface area (Å²) in [6.45, 7) is 6.16. The molecule has 0 aliphatic carbocycles. The Hall–Kier alpha value is -3.11. The van der Waals surface area contributed by atoms with Gasteiger partial charge >= 0.3 is 0 Å². The fourth-order valence-electron chi connectivity index (χ4n) is 5.05. The number of aromatic amines is 1. The van der Waals surface area contributed by atoms with Crippen molar-refractivity contribution in [2.75, 3.05) is 26.3 Å². The number of likely N-dealkylation sites (tertiary alicyclic amines) is 1. The van der Waals surface area contributed by atoms with E-state index in [4.69, 9.17) is 9.84 Å². The molecule has 6 rings (SSSR count). The molecule has 10 heteroatoms. The van der Waals surface area contributed by atoms with Crippen molar-refractivity contribution in [1.82, 2.24) is 39.1 Å². The van der Waals surface area contributed by atoms with Gasteiger partial charge in [0.1, 0.15) is 11.6 Å². The van der Waals surface area contributed by atoms with Crippen LogP contribution in [0.15, 0.2) is 35.5 Å². The SMILES string of the molecule is CC1CN(Cc2ccc3nccn3n2)CC1c1nn2c(C3CCOCC3)ncc2c(=O)[nH]1. The number of rotatable bonds is 4. The Balaban J connectivity index is 1.26. The van der Waals surface area contributed by atoms with Crippen LogP contribution in [0.2, 0.25) is 0 Å². The first-order valence-electron chi connectivity index (χ1n) is 11.2. The lowest BCUT2D eigenvalue weighted by Gasteiger charge is -2.21. The molecule has 2 aliphatic rings. The van der Waals surface area contributed by atoms with Crippen molar-refractivity contribution in [2.45, 2.75) is 38.1 Å². The molecule has 2 unspecified atom stereocenters. The minimum Gasteiger partial charge on any atom is -0.381 e. The van der Waals surface area contributed by atoms with E-state index < -0.39 is 0 Å². The first-order valence-corrected chi connectivity index (χ1v) is 11.2. The number of fused-ring (bicyclic) bond motifs is 2. The number of ether oxygens (including phenoxy) is 1. The molecule has 6 heterocycles. The normalized spacial score (nSPS) is 22.9. The molecule has 10 nitrogen and oxygen atoms in total. The van der Waals surface area contributed by atoms with Gasteiger partial charge in [-0.3, -0.25) is 9.69 Å². The molecule has 2 fully saturated rings. The molecule has 4 aromatic rings. The third-order valence-corrected chi connectivity index (χ3v) is 6.77.